The number of aliphatic hydroxyl groups is 1. The number of aryl methyl sites for hydroxylation is 1. The van der Waals surface area contributed by atoms with Crippen molar-refractivity contribution in [3.8, 4) is 0 Å². The molecule has 0 saturated heterocycles. The van der Waals surface area contributed by atoms with Crippen LogP contribution in [0.3, 0.4) is 0 Å². The van der Waals surface area contributed by atoms with E-state index < -0.39 is 0 Å². The third kappa shape index (κ3) is 4.91. The molecule has 1 aromatic rings. The van der Waals surface area contributed by atoms with Crippen LogP contribution in [0.25, 0.3) is 0 Å². The van der Waals surface area contributed by atoms with E-state index in [1.54, 1.807) is 11.3 Å². The van der Waals surface area contributed by atoms with Crippen LogP contribution >= 0.6 is 11.3 Å². The van der Waals surface area contributed by atoms with E-state index in [9.17, 15) is 4.79 Å². The number of aromatic nitrogens is 1. The first-order valence-corrected chi connectivity index (χ1v) is 7.71. The molecule has 19 heavy (non-hydrogen) atoms. The van der Waals surface area contributed by atoms with Gasteiger partial charge in [-0.05, 0) is 31.6 Å². The van der Waals surface area contributed by atoms with Crippen LogP contribution in [-0.4, -0.2) is 29.1 Å². The molecule has 0 fully saturated rings. The van der Waals surface area contributed by atoms with Crippen LogP contribution in [0.4, 0.5) is 0 Å². The van der Waals surface area contributed by atoms with Crippen LogP contribution in [0.2, 0.25) is 0 Å². The van der Waals surface area contributed by atoms with Crippen molar-refractivity contribution in [2.24, 2.45) is 5.41 Å². The first-order chi connectivity index (χ1) is 9.05. The first kappa shape index (κ1) is 16.1. The molecule has 108 valence electrons. The zero-order chi connectivity index (χ0) is 14.3. The predicted octanol–water partition coefficient (Wildman–Crippen LogP) is 2.30. The molecular formula is C14H24N2O2S. The lowest BCUT2D eigenvalue weighted by atomic mass is 9.79. The molecule has 0 aliphatic rings. The highest BCUT2D eigenvalue weighted by Gasteiger charge is 2.26. The third-order valence-corrected chi connectivity index (χ3v) is 4.63. The standard InChI is InChI=1S/C14H24N2O2S/c1-4-14(5-2,6-7-17)10-15-13(18)8-12-9-19-11(3)16-12/h9,17H,4-8,10H2,1-3H3,(H,15,18). The topological polar surface area (TPSA) is 62.2 Å². The molecule has 0 aromatic carbocycles. The predicted molar refractivity (Wildman–Crippen MR) is 78.3 cm³/mol. The van der Waals surface area contributed by atoms with Gasteiger partial charge in [0.05, 0.1) is 17.1 Å². The molecule has 1 heterocycles. The highest BCUT2D eigenvalue weighted by Crippen LogP contribution is 2.29. The molecule has 4 nitrogen and oxygen atoms in total. The van der Waals surface area contributed by atoms with Crippen molar-refractivity contribution >= 4 is 17.2 Å². The van der Waals surface area contributed by atoms with Crippen LogP contribution in [0, 0.1) is 12.3 Å². The van der Waals surface area contributed by atoms with Gasteiger partial charge in [-0.1, -0.05) is 13.8 Å². The average Bonchev–Trinajstić information content (AvgIpc) is 2.80. The fourth-order valence-corrected chi connectivity index (χ4v) is 2.79. The number of aliphatic hydroxyl groups excluding tert-OH is 1. The SMILES string of the molecule is CCC(CC)(CCO)CNC(=O)Cc1csc(C)n1. The summed E-state index contributed by atoms with van der Waals surface area (Å²) in [6.45, 7) is 6.95. The van der Waals surface area contributed by atoms with Crippen molar-refractivity contribution < 1.29 is 9.90 Å². The van der Waals surface area contributed by atoms with Crippen LogP contribution in [0.1, 0.15) is 43.8 Å². The van der Waals surface area contributed by atoms with Crippen molar-refractivity contribution in [1.29, 1.82) is 0 Å². The van der Waals surface area contributed by atoms with E-state index in [2.05, 4.69) is 24.1 Å². The Labute approximate surface area is 119 Å². The lowest BCUT2D eigenvalue weighted by molar-refractivity contribution is -0.121. The quantitative estimate of drug-likeness (QED) is 0.770. The highest BCUT2D eigenvalue weighted by atomic mass is 32.1. The number of amides is 1. The van der Waals surface area contributed by atoms with Crippen molar-refractivity contribution in [1.82, 2.24) is 10.3 Å². The summed E-state index contributed by atoms with van der Waals surface area (Å²) >= 11 is 1.56. The molecular weight excluding hydrogens is 260 g/mol. The number of hydrogen-bond donors (Lipinski definition) is 2. The van der Waals surface area contributed by atoms with E-state index in [1.165, 1.54) is 0 Å². The number of hydrogen-bond acceptors (Lipinski definition) is 4. The molecule has 0 aliphatic carbocycles. The average molecular weight is 284 g/mol. The van der Waals surface area contributed by atoms with Crippen LogP contribution < -0.4 is 5.32 Å². The van der Waals surface area contributed by atoms with Gasteiger partial charge in [-0.2, -0.15) is 0 Å². The van der Waals surface area contributed by atoms with Gasteiger partial charge in [-0.25, -0.2) is 4.98 Å². The number of nitrogens with one attached hydrogen (secondary N) is 1. The lowest BCUT2D eigenvalue weighted by Gasteiger charge is -2.31. The van der Waals surface area contributed by atoms with Gasteiger partial charge in [0.1, 0.15) is 0 Å². The van der Waals surface area contributed by atoms with E-state index in [4.69, 9.17) is 5.11 Å². The first-order valence-electron chi connectivity index (χ1n) is 6.84. The van der Waals surface area contributed by atoms with Gasteiger partial charge < -0.3 is 10.4 Å². The molecule has 1 aromatic heterocycles. The maximum atomic E-state index is 11.9. The van der Waals surface area contributed by atoms with Crippen LogP contribution in [0.5, 0.6) is 0 Å². The van der Waals surface area contributed by atoms with Gasteiger partial charge in [0.15, 0.2) is 0 Å². The fraction of sp³-hybridized carbons (Fsp3) is 0.714. The van der Waals surface area contributed by atoms with E-state index in [0.29, 0.717) is 13.0 Å². The summed E-state index contributed by atoms with van der Waals surface area (Å²) in [5, 5.41) is 15.0. The largest absolute Gasteiger partial charge is 0.396 e. The second-order valence-corrected chi connectivity index (χ2v) is 6.05. The van der Waals surface area contributed by atoms with Gasteiger partial charge in [0.2, 0.25) is 5.91 Å². The molecule has 0 atom stereocenters. The molecule has 0 saturated carbocycles. The van der Waals surface area contributed by atoms with E-state index >= 15 is 0 Å². The van der Waals surface area contributed by atoms with Gasteiger partial charge >= 0.3 is 0 Å². The second kappa shape index (κ2) is 7.60. The van der Waals surface area contributed by atoms with Crippen molar-refractivity contribution in [2.45, 2.75) is 46.5 Å². The minimum absolute atomic E-state index is 0.00881. The molecule has 1 amide bonds. The number of thiazole rings is 1. The van der Waals surface area contributed by atoms with Gasteiger partial charge in [-0.3, -0.25) is 4.79 Å². The molecule has 0 aliphatic heterocycles. The minimum Gasteiger partial charge on any atom is -0.396 e. The van der Waals surface area contributed by atoms with E-state index in [0.717, 1.165) is 30.0 Å². The van der Waals surface area contributed by atoms with Crippen LogP contribution in [0.15, 0.2) is 5.38 Å². The Morgan fingerprint density at radius 3 is 2.63 bits per heavy atom. The Kier molecular flexibility index (Phi) is 6.45. The monoisotopic (exact) mass is 284 g/mol. The lowest BCUT2D eigenvalue weighted by Crippen LogP contribution is -2.38. The summed E-state index contributed by atoms with van der Waals surface area (Å²) < 4.78 is 0. The number of carbonyl (C=O) groups excluding carboxylic acids is 1. The number of rotatable bonds is 8. The zero-order valence-electron chi connectivity index (χ0n) is 12.0. The van der Waals surface area contributed by atoms with E-state index in [-0.39, 0.29) is 17.9 Å². The molecule has 1 rings (SSSR count). The Morgan fingerprint density at radius 1 is 1.47 bits per heavy atom. The second-order valence-electron chi connectivity index (χ2n) is 4.99. The van der Waals surface area contributed by atoms with Crippen molar-refractivity contribution in [3.63, 3.8) is 0 Å². The van der Waals surface area contributed by atoms with E-state index in [1.807, 2.05) is 12.3 Å². The Hall–Kier alpha value is -0.940. The summed E-state index contributed by atoms with van der Waals surface area (Å²) in [4.78, 5) is 16.2. The number of carbonyl (C=O) groups is 1. The maximum absolute atomic E-state index is 11.9. The number of nitrogens with zero attached hydrogens (tertiary/aromatic N) is 1. The van der Waals surface area contributed by atoms with Crippen molar-refractivity contribution in [3.05, 3.63) is 16.1 Å². The third-order valence-electron chi connectivity index (χ3n) is 3.81. The molecule has 0 radical (unpaired) electrons. The summed E-state index contributed by atoms with van der Waals surface area (Å²) in [5.74, 6) is 0.00881. The minimum atomic E-state index is 0.00881. The van der Waals surface area contributed by atoms with Crippen molar-refractivity contribution in [2.75, 3.05) is 13.2 Å². The molecule has 0 spiro atoms. The Bertz CT molecular complexity index is 400. The molecule has 2 N–H and O–H groups in total. The Balaban J connectivity index is 2.47. The normalized spacial score (nSPS) is 11.6. The Morgan fingerprint density at radius 2 is 2.16 bits per heavy atom. The fourth-order valence-electron chi connectivity index (χ4n) is 2.18. The summed E-state index contributed by atoms with van der Waals surface area (Å²) in [6, 6.07) is 0. The van der Waals surface area contributed by atoms with Crippen LogP contribution in [-0.2, 0) is 11.2 Å². The van der Waals surface area contributed by atoms with Gasteiger partial charge in [-0.15, -0.1) is 11.3 Å². The molecule has 0 bridgehead atoms. The van der Waals surface area contributed by atoms with Gasteiger partial charge in [0, 0.05) is 18.5 Å². The maximum Gasteiger partial charge on any atom is 0.226 e. The molecule has 5 heteroatoms. The zero-order valence-corrected chi connectivity index (χ0v) is 12.8. The highest BCUT2D eigenvalue weighted by molar-refractivity contribution is 7.09. The molecule has 0 unspecified atom stereocenters. The summed E-state index contributed by atoms with van der Waals surface area (Å²) in [5.41, 5.74) is 0.850. The summed E-state index contributed by atoms with van der Waals surface area (Å²) in [7, 11) is 0. The summed E-state index contributed by atoms with van der Waals surface area (Å²) in [6.07, 6.45) is 2.99. The smallest absolute Gasteiger partial charge is 0.226 e. The van der Waals surface area contributed by atoms with Gasteiger partial charge in [0.25, 0.3) is 0 Å².